The van der Waals surface area contributed by atoms with Crippen LogP contribution in [0.4, 0.5) is 0 Å². The molecule has 15 heavy (non-hydrogen) atoms. The van der Waals surface area contributed by atoms with Gasteiger partial charge in [0.05, 0.1) is 5.75 Å². The van der Waals surface area contributed by atoms with E-state index in [0.717, 1.165) is 19.4 Å². The third-order valence-electron chi connectivity index (χ3n) is 3.28. The molecular weight excluding hydrogens is 212 g/mol. The van der Waals surface area contributed by atoms with Crippen LogP contribution in [0.15, 0.2) is 0 Å². The normalized spacial score (nSPS) is 29.3. The fourth-order valence-corrected chi connectivity index (χ4v) is 3.86. The van der Waals surface area contributed by atoms with E-state index in [1.54, 1.807) is 0 Å². The fraction of sp³-hybridized carbons (Fsp3) is 1.00. The summed E-state index contributed by atoms with van der Waals surface area (Å²) in [5, 5.41) is 3.21. The molecule has 2 rings (SSSR count). The van der Waals surface area contributed by atoms with Gasteiger partial charge in [-0.05, 0) is 45.1 Å². The maximum absolute atomic E-state index is 11.8. The molecule has 0 amide bonds. The van der Waals surface area contributed by atoms with E-state index in [0.29, 0.717) is 5.92 Å². The first kappa shape index (κ1) is 11.4. The Labute approximate surface area is 91.9 Å². The predicted molar refractivity (Wildman–Crippen MR) is 60.1 cm³/mol. The molecule has 0 aromatic heterocycles. The molecule has 4 nitrogen and oxygen atoms in total. The molecule has 1 saturated carbocycles. The Morgan fingerprint density at radius 3 is 2.67 bits per heavy atom. The number of hydrogen-bond acceptors (Lipinski definition) is 3. The highest BCUT2D eigenvalue weighted by atomic mass is 32.2. The lowest BCUT2D eigenvalue weighted by Gasteiger charge is -2.16. The van der Waals surface area contributed by atoms with Crippen LogP contribution in [0.2, 0.25) is 0 Å². The first-order chi connectivity index (χ1) is 7.07. The second-order valence-corrected chi connectivity index (χ2v) is 6.62. The molecule has 0 radical (unpaired) electrons. The number of nitrogens with one attached hydrogen (secondary N) is 2. The van der Waals surface area contributed by atoms with E-state index in [9.17, 15) is 8.42 Å². The van der Waals surface area contributed by atoms with Gasteiger partial charge in [-0.15, -0.1) is 0 Å². The van der Waals surface area contributed by atoms with Gasteiger partial charge in [-0.2, -0.15) is 0 Å². The maximum Gasteiger partial charge on any atom is 0.213 e. The third kappa shape index (κ3) is 3.43. The van der Waals surface area contributed by atoms with Crippen molar-refractivity contribution in [3.63, 3.8) is 0 Å². The maximum atomic E-state index is 11.8. The number of rotatable bonds is 5. The smallest absolute Gasteiger partial charge is 0.213 e. The van der Waals surface area contributed by atoms with E-state index >= 15 is 0 Å². The first-order valence-electron chi connectivity index (χ1n) is 5.80. The summed E-state index contributed by atoms with van der Waals surface area (Å²) in [6, 6.07) is 0.283. The summed E-state index contributed by atoms with van der Waals surface area (Å²) >= 11 is 0. The van der Waals surface area contributed by atoms with Crippen molar-refractivity contribution in [1.82, 2.24) is 10.0 Å². The average Bonchev–Trinajstić information content (AvgIpc) is 2.86. The molecule has 0 bridgehead atoms. The minimum Gasteiger partial charge on any atom is -0.313 e. The first-order valence-corrected chi connectivity index (χ1v) is 7.45. The second kappa shape index (κ2) is 4.39. The lowest BCUT2D eigenvalue weighted by atomic mass is 10.2. The van der Waals surface area contributed by atoms with Crippen LogP contribution in [-0.4, -0.2) is 32.8 Å². The molecule has 88 valence electrons. The molecule has 2 N–H and O–H groups in total. The van der Waals surface area contributed by atoms with Gasteiger partial charge in [0, 0.05) is 12.1 Å². The van der Waals surface area contributed by atoms with Crippen LogP contribution < -0.4 is 10.0 Å². The summed E-state index contributed by atoms with van der Waals surface area (Å²) in [5.74, 6) is 0.820. The van der Waals surface area contributed by atoms with Crippen LogP contribution in [0.5, 0.6) is 0 Å². The predicted octanol–water partition coefficient (Wildman–Crippen LogP) is 0.456. The van der Waals surface area contributed by atoms with E-state index < -0.39 is 10.0 Å². The molecule has 1 aliphatic heterocycles. The van der Waals surface area contributed by atoms with Crippen LogP contribution in [-0.2, 0) is 10.0 Å². The highest BCUT2D eigenvalue weighted by Gasteiger charge is 2.31. The zero-order chi connectivity index (χ0) is 10.9. The molecule has 2 unspecified atom stereocenters. The lowest BCUT2D eigenvalue weighted by Crippen LogP contribution is -2.41. The monoisotopic (exact) mass is 232 g/mol. The summed E-state index contributed by atoms with van der Waals surface area (Å²) in [4.78, 5) is 0. The van der Waals surface area contributed by atoms with Gasteiger partial charge in [0.2, 0.25) is 10.0 Å². The van der Waals surface area contributed by atoms with Gasteiger partial charge >= 0.3 is 0 Å². The van der Waals surface area contributed by atoms with Crippen molar-refractivity contribution >= 4 is 10.0 Å². The van der Waals surface area contributed by atoms with Crippen molar-refractivity contribution in [2.45, 2.75) is 44.7 Å². The summed E-state index contributed by atoms with van der Waals surface area (Å²) in [6.07, 6.45) is 4.42. The standard InChI is InChI=1S/C10H20N2O2S/c1-8(9-4-5-9)12-15(13,14)7-10-3-2-6-11-10/h8-12H,2-7H2,1H3. The largest absolute Gasteiger partial charge is 0.313 e. The van der Waals surface area contributed by atoms with E-state index in [4.69, 9.17) is 0 Å². The van der Waals surface area contributed by atoms with E-state index in [1.165, 1.54) is 12.8 Å². The van der Waals surface area contributed by atoms with Crippen molar-refractivity contribution in [2.24, 2.45) is 5.92 Å². The molecule has 0 spiro atoms. The van der Waals surface area contributed by atoms with Gasteiger partial charge in [0.25, 0.3) is 0 Å². The zero-order valence-corrected chi connectivity index (χ0v) is 10.0. The summed E-state index contributed by atoms with van der Waals surface area (Å²) in [5.41, 5.74) is 0. The summed E-state index contributed by atoms with van der Waals surface area (Å²) in [7, 11) is -3.08. The Hall–Kier alpha value is -0.130. The van der Waals surface area contributed by atoms with Crippen LogP contribution >= 0.6 is 0 Å². The molecule has 2 aliphatic rings. The van der Waals surface area contributed by atoms with Gasteiger partial charge in [0.1, 0.15) is 0 Å². The van der Waals surface area contributed by atoms with Crippen molar-refractivity contribution in [3.05, 3.63) is 0 Å². The minimum atomic E-state index is -3.08. The van der Waals surface area contributed by atoms with Crippen molar-refractivity contribution in [1.29, 1.82) is 0 Å². The van der Waals surface area contributed by atoms with Crippen LogP contribution in [0.1, 0.15) is 32.6 Å². The quantitative estimate of drug-likeness (QED) is 0.724. The van der Waals surface area contributed by atoms with Gasteiger partial charge < -0.3 is 5.32 Å². The molecule has 0 aromatic rings. The Morgan fingerprint density at radius 2 is 2.13 bits per heavy atom. The average molecular weight is 232 g/mol. The molecular formula is C10H20N2O2S. The Kier molecular flexibility index (Phi) is 3.33. The van der Waals surface area contributed by atoms with E-state index in [2.05, 4.69) is 10.0 Å². The SMILES string of the molecule is CC(NS(=O)(=O)CC1CCCN1)C1CC1. The van der Waals surface area contributed by atoms with Crippen molar-refractivity contribution in [2.75, 3.05) is 12.3 Å². The molecule has 1 heterocycles. The molecule has 1 saturated heterocycles. The number of hydrogen-bond donors (Lipinski definition) is 2. The van der Waals surface area contributed by atoms with Crippen LogP contribution in [0.25, 0.3) is 0 Å². The Morgan fingerprint density at radius 1 is 1.40 bits per heavy atom. The molecule has 5 heteroatoms. The zero-order valence-electron chi connectivity index (χ0n) is 9.20. The number of sulfonamides is 1. The third-order valence-corrected chi connectivity index (χ3v) is 4.85. The van der Waals surface area contributed by atoms with Crippen molar-refractivity contribution < 1.29 is 8.42 Å². The highest BCUT2D eigenvalue weighted by molar-refractivity contribution is 7.89. The summed E-state index contributed by atoms with van der Waals surface area (Å²) < 4.78 is 26.3. The van der Waals surface area contributed by atoms with Gasteiger partial charge in [0.15, 0.2) is 0 Å². The Bertz CT molecular complexity index is 295. The molecule has 2 fully saturated rings. The lowest BCUT2D eigenvalue weighted by molar-refractivity contribution is 0.528. The Balaban J connectivity index is 1.82. The second-order valence-electron chi connectivity index (χ2n) is 4.82. The van der Waals surface area contributed by atoms with E-state index in [-0.39, 0.29) is 17.8 Å². The van der Waals surface area contributed by atoms with Gasteiger partial charge in [-0.25, -0.2) is 13.1 Å². The molecule has 0 aromatic carbocycles. The van der Waals surface area contributed by atoms with Crippen molar-refractivity contribution in [3.8, 4) is 0 Å². The fourth-order valence-electron chi connectivity index (χ4n) is 2.19. The summed E-state index contributed by atoms with van der Waals surface area (Å²) in [6.45, 7) is 2.93. The molecule has 1 aliphatic carbocycles. The van der Waals surface area contributed by atoms with Crippen LogP contribution in [0, 0.1) is 5.92 Å². The van der Waals surface area contributed by atoms with Gasteiger partial charge in [-0.1, -0.05) is 0 Å². The van der Waals surface area contributed by atoms with Gasteiger partial charge in [-0.3, -0.25) is 0 Å². The van der Waals surface area contributed by atoms with Crippen LogP contribution in [0.3, 0.4) is 0 Å². The topological polar surface area (TPSA) is 58.2 Å². The highest BCUT2D eigenvalue weighted by Crippen LogP contribution is 2.32. The minimum absolute atomic E-state index is 0.122. The molecule has 2 atom stereocenters. The van der Waals surface area contributed by atoms with E-state index in [1.807, 2.05) is 6.92 Å².